The minimum atomic E-state index is -1.09. The first-order valence-electron chi connectivity index (χ1n) is 4.54. The lowest BCUT2D eigenvalue weighted by Gasteiger charge is -2.16. The van der Waals surface area contributed by atoms with Crippen LogP contribution in [0.3, 0.4) is 0 Å². The molecule has 0 heterocycles. The Kier molecular flexibility index (Phi) is 3.12. The highest BCUT2D eigenvalue weighted by Crippen LogP contribution is 2.14. The van der Waals surface area contributed by atoms with E-state index in [1.54, 1.807) is 6.92 Å². The van der Waals surface area contributed by atoms with Crippen LogP contribution in [-0.2, 0) is 4.79 Å². The van der Waals surface area contributed by atoms with E-state index < -0.39 is 12.0 Å². The van der Waals surface area contributed by atoms with Crippen molar-refractivity contribution in [1.29, 1.82) is 0 Å². The topological polar surface area (TPSA) is 52.2 Å². The molecule has 0 spiro atoms. The van der Waals surface area contributed by atoms with Crippen LogP contribution in [0.2, 0.25) is 0 Å². The molecule has 3 heteroatoms. The molecule has 1 aromatic rings. The molecule has 1 atom stereocenters. The van der Waals surface area contributed by atoms with E-state index in [9.17, 15) is 9.90 Å². The van der Waals surface area contributed by atoms with Gasteiger partial charge < -0.3 is 15.2 Å². The van der Waals surface area contributed by atoms with E-state index in [2.05, 4.69) is 5.32 Å². The largest absolute Gasteiger partial charge is 0.548 e. The summed E-state index contributed by atoms with van der Waals surface area (Å²) in [7, 11) is 0. The molecule has 0 saturated carbocycles. The van der Waals surface area contributed by atoms with Crippen molar-refractivity contribution in [3.8, 4) is 0 Å². The summed E-state index contributed by atoms with van der Waals surface area (Å²) in [6.45, 7) is 5.51. The van der Waals surface area contributed by atoms with Gasteiger partial charge in [0.25, 0.3) is 0 Å². The molecule has 0 unspecified atom stereocenters. The average molecular weight is 192 g/mol. The number of nitrogens with one attached hydrogen (secondary N) is 1. The monoisotopic (exact) mass is 192 g/mol. The second kappa shape index (κ2) is 4.13. The van der Waals surface area contributed by atoms with Gasteiger partial charge in [-0.15, -0.1) is 0 Å². The maximum Gasteiger partial charge on any atom is 0.0634 e. The van der Waals surface area contributed by atoms with Crippen molar-refractivity contribution in [2.24, 2.45) is 0 Å². The van der Waals surface area contributed by atoms with Gasteiger partial charge in [-0.05, 0) is 44.0 Å². The fourth-order valence-corrected chi connectivity index (χ4v) is 1.37. The Bertz CT molecular complexity index is 327. The van der Waals surface area contributed by atoms with Crippen molar-refractivity contribution in [2.45, 2.75) is 26.8 Å². The second-order valence-electron chi connectivity index (χ2n) is 3.56. The van der Waals surface area contributed by atoms with Gasteiger partial charge in [0.1, 0.15) is 0 Å². The van der Waals surface area contributed by atoms with Crippen LogP contribution in [0.5, 0.6) is 0 Å². The molecular weight excluding hydrogens is 178 g/mol. The SMILES string of the molecule is Cc1cc(C)cc(N[C@H](C)C(=O)[O-])c1. The number of carbonyl (C=O) groups is 1. The molecular formula is C11H14NO2-. The summed E-state index contributed by atoms with van der Waals surface area (Å²) in [6.07, 6.45) is 0. The Balaban J connectivity index is 2.81. The van der Waals surface area contributed by atoms with Gasteiger partial charge in [0.2, 0.25) is 0 Å². The van der Waals surface area contributed by atoms with Gasteiger partial charge in [-0.25, -0.2) is 0 Å². The van der Waals surface area contributed by atoms with E-state index >= 15 is 0 Å². The fraction of sp³-hybridized carbons (Fsp3) is 0.364. The van der Waals surface area contributed by atoms with E-state index in [0.29, 0.717) is 0 Å². The first-order valence-corrected chi connectivity index (χ1v) is 4.54. The van der Waals surface area contributed by atoms with Crippen molar-refractivity contribution in [3.05, 3.63) is 29.3 Å². The summed E-state index contributed by atoms with van der Waals surface area (Å²) in [5.41, 5.74) is 3.04. The summed E-state index contributed by atoms with van der Waals surface area (Å²) >= 11 is 0. The number of aryl methyl sites for hydroxylation is 2. The quantitative estimate of drug-likeness (QED) is 0.772. The van der Waals surface area contributed by atoms with Crippen LogP contribution in [0, 0.1) is 13.8 Å². The maximum atomic E-state index is 10.5. The lowest BCUT2D eigenvalue weighted by Crippen LogP contribution is -2.38. The predicted octanol–water partition coefficient (Wildman–Crippen LogP) is 0.854. The number of hydrogen-bond donors (Lipinski definition) is 1. The zero-order valence-corrected chi connectivity index (χ0v) is 8.63. The van der Waals surface area contributed by atoms with E-state index in [0.717, 1.165) is 16.8 Å². The van der Waals surface area contributed by atoms with E-state index in [1.165, 1.54) is 0 Å². The third-order valence-electron chi connectivity index (χ3n) is 1.96. The molecule has 0 bridgehead atoms. The fourth-order valence-electron chi connectivity index (χ4n) is 1.37. The minimum absolute atomic E-state index is 0.670. The van der Waals surface area contributed by atoms with Crippen LogP contribution in [0.25, 0.3) is 0 Å². The zero-order chi connectivity index (χ0) is 10.7. The number of anilines is 1. The molecule has 76 valence electrons. The normalized spacial score (nSPS) is 12.2. The molecule has 3 nitrogen and oxygen atoms in total. The Morgan fingerprint density at radius 1 is 1.29 bits per heavy atom. The summed E-state index contributed by atoms with van der Waals surface area (Å²) in [6, 6.07) is 5.18. The molecule has 1 N–H and O–H groups in total. The van der Waals surface area contributed by atoms with Crippen LogP contribution in [0.15, 0.2) is 18.2 Å². The predicted molar refractivity (Wildman–Crippen MR) is 54.0 cm³/mol. The van der Waals surface area contributed by atoms with Crippen molar-refractivity contribution in [1.82, 2.24) is 0 Å². The molecule has 0 aromatic heterocycles. The molecule has 0 aliphatic heterocycles. The van der Waals surface area contributed by atoms with Gasteiger partial charge in [-0.2, -0.15) is 0 Å². The van der Waals surface area contributed by atoms with Crippen molar-refractivity contribution in [2.75, 3.05) is 5.32 Å². The van der Waals surface area contributed by atoms with E-state index in [1.807, 2.05) is 32.0 Å². The van der Waals surface area contributed by atoms with Gasteiger partial charge in [0.15, 0.2) is 0 Å². The molecule has 0 amide bonds. The van der Waals surface area contributed by atoms with Crippen LogP contribution < -0.4 is 10.4 Å². The van der Waals surface area contributed by atoms with Crippen LogP contribution >= 0.6 is 0 Å². The zero-order valence-electron chi connectivity index (χ0n) is 8.63. The standard InChI is InChI=1S/C11H15NO2/c1-7-4-8(2)6-10(5-7)12-9(3)11(13)14/h4-6,9,12H,1-3H3,(H,13,14)/p-1/t9-/m1/s1. The number of hydrogen-bond acceptors (Lipinski definition) is 3. The van der Waals surface area contributed by atoms with Crippen molar-refractivity contribution in [3.63, 3.8) is 0 Å². The lowest BCUT2D eigenvalue weighted by atomic mass is 10.1. The third kappa shape index (κ3) is 2.76. The molecule has 0 aliphatic carbocycles. The van der Waals surface area contributed by atoms with Crippen LogP contribution in [-0.4, -0.2) is 12.0 Å². The van der Waals surface area contributed by atoms with Gasteiger partial charge in [-0.1, -0.05) is 6.07 Å². The summed E-state index contributed by atoms with van der Waals surface area (Å²) in [4.78, 5) is 10.5. The molecule has 0 radical (unpaired) electrons. The number of carboxylic acids is 1. The lowest BCUT2D eigenvalue weighted by molar-refractivity contribution is -0.306. The Morgan fingerprint density at radius 2 is 1.79 bits per heavy atom. The minimum Gasteiger partial charge on any atom is -0.548 e. The van der Waals surface area contributed by atoms with Crippen molar-refractivity contribution >= 4 is 11.7 Å². The first-order chi connectivity index (χ1) is 6.49. The average Bonchev–Trinajstić information content (AvgIpc) is 2.01. The molecule has 1 rings (SSSR count). The Morgan fingerprint density at radius 3 is 2.21 bits per heavy atom. The van der Waals surface area contributed by atoms with Crippen LogP contribution in [0.1, 0.15) is 18.1 Å². The van der Waals surface area contributed by atoms with E-state index in [-0.39, 0.29) is 0 Å². The molecule has 1 aromatic carbocycles. The van der Waals surface area contributed by atoms with Crippen LogP contribution in [0.4, 0.5) is 5.69 Å². The van der Waals surface area contributed by atoms with Gasteiger partial charge in [-0.3, -0.25) is 0 Å². The number of rotatable bonds is 3. The molecule has 0 saturated heterocycles. The molecule has 0 aliphatic rings. The van der Waals surface area contributed by atoms with Gasteiger partial charge >= 0.3 is 0 Å². The number of aliphatic carboxylic acids is 1. The number of carbonyl (C=O) groups excluding carboxylic acids is 1. The highest BCUT2D eigenvalue weighted by atomic mass is 16.4. The molecule has 0 fully saturated rings. The first kappa shape index (κ1) is 10.6. The summed E-state index contributed by atoms with van der Waals surface area (Å²) in [5, 5.41) is 13.4. The molecule has 14 heavy (non-hydrogen) atoms. The second-order valence-corrected chi connectivity index (χ2v) is 3.56. The van der Waals surface area contributed by atoms with Gasteiger partial charge in [0, 0.05) is 5.69 Å². The third-order valence-corrected chi connectivity index (χ3v) is 1.96. The van der Waals surface area contributed by atoms with Crippen molar-refractivity contribution < 1.29 is 9.90 Å². The highest BCUT2D eigenvalue weighted by Gasteiger charge is 2.02. The van der Waals surface area contributed by atoms with Gasteiger partial charge in [0.05, 0.1) is 12.0 Å². The highest BCUT2D eigenvalue weighted by molar-refractivity contribution is 5.74. The Hall–Kier alpha value is -1.51. The maximum absolute atomic E-state index is 10.5. The van der Waals surface area contributed by atoms with E-state index in [4.69, 9.17) is 0 Å². The summed E-state index contributed by atoms with van der Waals surface area (Å²) < 4.78 is 0. The Labute approximate surface area is 83.8 Å². The number of benzene rings is 1. The number of carboxylic acid groups (broad SMARTS) is 1. The smallest absolute Gasteiger partial charge is 0.0634 e. The summed E-state index contributed by atoms with van der Waals surface area (Å²) in [5.74, 6) is -1.09.